The Hall–Kier alpha value is -0.640. The second-order valence-corrected chi connectivity index (χ2v) is 13.7. The number of hydrogen-bond acceptors (Lipinski definition) is 3. The maximum absolute atomic E-state index is 9.77. The molecule has 230 valence electrons. The lowest BCUT2D eigenvalue weighted by Crippen LogP contribution is -2.23. The first kappa shape index (κ1) is 36.4. The van der Waals surface area contributed by atoms with Gasteiger partial charge in [0.15, 0.2) is 0 Å². The second-order valence-electron chi connectivity index (χ2n) is 13.7. The Morgan fingerprint density at radius 3 is 2.38 bits per heavy atom. The van der Waals surface area contributed by atoms with Crippen molar-refractivity contribution < 1.29 is 9.84 Å². The van der Waals surface area contributed by atoms with Gasteiger partial charge in [0.05, 0.1) is 0 Å². The van der Waals surface area contributed by atoms with Crippen LogP contribution in [0.1, 0.15) is 139 Å². The van der Waals surface area contributed by atoms with Crippen LogP contribution in [0.5, 0.6) is 0 Å². The van der Waals surface area contributed by atoms with E-state index in [-0.39, 0.29) is 12.8 Å². The Morgan fingerprint density at radius 2 is 1.77 bits per heavy atom. The van der Waals surface area contributed by atoms with E-state index in [1.165, 1.54) is 77.0 Å². The molecular formula is C36H69NO2. The summed E-state index contributed by atoms with van der Waals surface area (Å²) in [6.07, 6.45) is 21.4. The lowest BCUT2D eigenvalue weighted by atomic mass is 9.71. The molecule has 4 rings (SSSR count). The van der Waals surface area contributed by atoms with E-state index >= 15 is 0 Å². The molecule has 2 fully saturated rings. The molecule has 0 radical (unpaired) electrons. The third-order valence-corrected chi connectivity index (χ3v) is 10.3. The van der Waals surface area contributed by atoms with E-state index in [4.69, 9.17) is 10.5 Å². The van der Waals surface area contributed by atoms with Crippen LogP contribution in [0.15, 0.2) is 22.8 Å². The van der Waals surface area contributed by atoms with Crippen molar-refractivity contribution in [3.63, 3.8) is 0 Å². The van der Waals surface area contributed by atoms with Gasteiger partial charge >= 0.3 is 0 Å². The second kappa shape index (κ2) is 18.7. The van der Waals surface area contributed by atoms with E-state index < -0.39 is 0 Å². The summed E-state index contributed by atoms with van der Waals surface area (Å²) in [4.78, 5) is 0. The fourth-order valence-corrected chi connectivity index (χ4v) is 7.79. The van der Waals surface area contributed by atoms with Crippen molar-refractivity contribution in [2.75, 3.05) is 26.9 Å². The molecule has 0 bridgehead atoms. The summed E-state index contributed by atoms with van der Waals surface area (Å²) in [5.74, 6) is 4.71. The van der Waals surface area contributed by atoms with Crippen molar-refractivity contribution in [1.82, 2.24) is 0 Å². The third kappa shape index (κ3) is 10.9. The minimum absolute atomic E-state index is 0. The molecule has 0 amide bonds. The van der Waals surface area contributed by atoms with Crippen molar-refractivity contribution in [2.24, 2.45) is 46.7 Å². The molecule has 6 atom stereocenters. The van der Waals surface area contributed by atoms with E-state index in [1.54, 1.807) is 23.8 Å². The molecule has 0 spiro atoms. The van der Waals surface area contributed by atoms with Gasteiger partial charge in [0, 0.05) is 31.7 Å². The van der Waals surface area contributed by atoms with Gasteiger partial charge < -0.3 is 15.6 Å². The van der Waals surface area contributed by atoms with Gasteiger partial charge in [0.25, 0.3) is 0 Å². The van der Waals surface area contributed by atoms with Gasteiger partial charge in [-0.1, -0.05) is 104 Å². The molecule has 3 N–H and O–H groups in total. The van der Waals surface area contributed by atoms with Crippen molar-refractivity contribution in [2.45, 2.75) is 139 Å². The number of rotatable bonds is 7. The minimum Gasteiger partial charge on any atom is -0.396 e. The van der Waals surface area contributed by atoms with Crippen LogP contribution in [0.4, 0.5) is 0 Å². The molecule has 3 nitrogen and oxygen atoms in total. The maximum atomic E-state index is 9.77. The topological polar surface area (TPSA) is 55.5 Å². The largest absolute Gasteiger partial charge is 0.396 e. The highest BCUT2D eigenvalue weighted by molar-refractivity contribution is 5.37. The number of aliphatic hydroxyl groups is 1. The number of ether oxygens (including phenoxy) is 1. The molecule has 4 aliphatic carbocycles. The number of fused-ring (bicyclic) bond motifs is 2. The van der Waals surface area contributed by atoms with E-state index in [0.29, 0.717) is 18.4 Å². The number of methoxy groups -OCH3 is 1. The Morgan fingerprint density at radius 1 is 1.05 bits per heavy atom. The summed E-state index contributed by atoms with van der Waals surface area (Å²) < 4.78 is 4.79. The Balaban J connectivity index is 0.000000353. The van der Waals surface area contributed by atoms with Gasteiger partial charge in [-0.2, -0.15) is 0 Å². The van der Waals surface area contributed by atoms with Gasteiger partial charge in [-0.15, -0.1) is 0 Å². The van der Waals surface area contributed by atoms with Crippen molar-refractivity contribution in [3.05, 3.63) is 22.8 Å². The van der Waals surface area contributed by atoms with Gasteiger partial charge in [0.2, 0.25) is 0 Å². The molecule has 0 heterocycles. The highest BCUT2D eigenvalue weighted by Crippen LogP contribution is 2.54. The molecule has 0 saturated heterocycles. The summed E-state index contributed by atoms with van der Waals surface area (Å²) in [7, 11) is 1.70. The van der Waals surface area contributed by atoms with Crippen molar-refractivity contribution in [1.29, 1.82) is 0 Å². The van der Waals surface area contributed by atoms with Crippen LogP contribution in [0.2, 0.25) is 0 Å². The lowest BCUT2D eigenvalue weighted by Gasteiger charge is -2.34. The van der Waals surface area contributed by atoms with E-state index in [1.807, 2.05) is 0 Å². The molecule has 3 heteroatoms. The van der Waals surface area contributed by atoms with Crippen LogP contribution in [0.3, 0.4) is 0 Å². The predicted octanol–water partition coefficient (Wildman–Crippen LogP) is 9.73. The van der Waals surface area contributed by atoms with Gasteiger partial charge in [0.1, 0.15) is 0 Å². The van der Waals surface area contributed by atoms with E-state index in [9.17, 15) is 5.11 Å². The zero-order valence-corrected chi connectivity index (χ0v) is 26.5. The maximum Gasteiger partial charge on any atom is 0.0496 e. The summed E-state index contributed by atoms with van der Waals surface area (Å²) >= 11 is 0. The number of nitrogens with two attached hydrogens (primary N) is 1. The average Bonchev–Trinajstić information content (AvgIpc) is 3.36. The first-order valence-electron chi connectivity index (χ1n) is 16.4. The average molecular weight is 548 g/mol. The van der Waals surface area contributed by atoms with Crippen molar-refractivity contribution in [3.8, 4) is 0 Å². The number of unbranched alkanes of at least 4 members (excludes halogenated alkanes) is 1. The Bertz CT molecular complexity index is 722. The molecule has 39 heavy (non-hydrogen) atoms. The van der Waals surface area contributed by atoms with Crippen LogP contribution in [-0.4, -0.2) is 32.0 Å². The quantitative estimate of drug-likeness (QED) is 0.189. The number of allylic oxidation sites excluding steroid dienone is 3. The molecule has 6 unspecified atom stereocenters. The lowest BCUT2D eigenvalue weighted by molar-refractivity contribution is 0.193. The summed E-state index contributed by atoms with van der Waals surface area (Å²) in [6, 6.07) is 0. The highest BCUT2D eigenvalue weighted by atomic mass is 16.5. The Kier molecular flexibility index (Phi) is 17.5. The van der Waals surface area contributed by atoms with Crippen LogP contribution < -0.4 is 5.73 Å². The fourth-order valence-electron chi connectivity index (χ4n) is 7.79. The van der Waals surface area contributed by atoms with E-state index in [2.05, 4.69) is 47.6 Å². The zero-order chi connectivity index (χ0) is 28.1. The summed E-state index contributed by atoms with van der Waals surface area (Å²) in [5, 5.41) is 9.77. The first-order chi connectivity index (χ1) is 18.2. The molecular weight excluding hydrogens is 478 g/mol. The normalized spacial score (nSPS) is 33.6. The van der Waals surface area contributed by atoms with Crippen LogP contribution >= 0.6 is 0 Å². The van der Waals surface area contributed by atoms with Crippen molar-refractivity contribution >= 4 is 0 Å². The van der Waals surface area contributed by atoms with Gasteiger partial charge in [-0.05, 0) is 93.9 Å². The monoisotopic (exact) mass is 548 g/mol. The highest BCUT2D eigenvalue weighted by Gasteiger charge is 2.42. The Labute approximate surface area is 244 Å². The third-order valence-electron chi connectivity index (χ3n) is 10.3. The minimum atomic E-state index is 0. The molecule has 2 saturated carbocycles. The molecule has 0 aliphatic heterocycles. The molecule has 4 aliphatic rings. The smallest absolute Gasteiger partial charge is 0.0496 e. The van der Waals surface area contributed by atoms with Gasteiger partial charge in [-0.3, -0.25) is 0 Å². The fraction of sp³-hybridized carbons (Fsp3) is 0.889. The van der Waals surface area contributed by atoms with Gasteiger partial charge in [-0.25, -0.2) is 0 Å². The first-order valence-corrected chi connectivity index (χ1v) is 16.4. The standard InChI is InChI=1S/C20H32O.C10H20.C5H13NO.CH4/c1-13(2)16-9-10-20(4)11-18-15(12-21)6-7-17(18)14(3)5-8-19(16)20;1-3-10-7-5-4-6-9(2)8-10;1-7-5-3-2-4-6;/h11,13-15,17,21H,5-10,12H2,1-4H3;9-10H,3-8H2,1-2H3;2-6H2,1H3;1H4/b18-11-;;;. The zero-order valence-electron chi connectivity index (χ0n) is 26.5. The SMILES string of the molecule is C.CC(C)C1=C2CCC(C)C3CCC(CO)/C3=C/C2(C)CC1.CCC1CCCCC(C)C1.COCCCCN. The van der Waals surface area contributed by atoms with E-state index in [0.717, 1.165) is 49.7 Å². The number of hydrogen-bond donors (Lipinski definition) is 2. The molecule has 0 aromatic rings. The predicted molar refractivity (Wildman–Crippen MR) is 172 cm³/mol. The summed E-state index contributed by atoms with van der Waals surface area (Å²) in [5.41, 5.74) is 10.6. The molecule has 0 aromatic heterocycles. The van der Waals surface area contributed by atoms with Crippen LogP contribution in [0, 0.1) is 40.9 Å². The van der Waals surface area contributed by atoms with Crippen LogP contribution in [-0.2, 0) is 4.74 Å². The summed E-state index contributed by atoms with van der Waals surface area (Å²) in [6.45, 7) is 16.3. The van der Waals surface area contributed by atoms with Crippen LogP contribution in [0.25, 0.3) is 0 Å². The molecule has 0 aromatic carbocycles. The number of aliphatic hydroxyl groups excluding tert-OH is 1.